The van der Waals surface area contributed by atoms with E-state index in [1.807, 2.05) is 128 Å². The number of hydrogen-bond acceptors (Lipinski definition) is 8. The Bertz CT molecular complexity index is 2950. The maximum Gasteiger partial charge on any atom is 0.202 e. The highest BCUT2D eigenvalue weighted by atomic mass is 16.3. The molecule has 0 spiro atoms. The van der Waals surface area contributed by atoms with E-state index >= 15 is 0 Å². The number of nitrogen functional groups attached to an aromatic ring is 1. The van der Waals surface area contributed by atoms with Gasteiger partial charge in [0.15, 0.2) is 0 Å². The summed E-state index contributed by atoms with van der Waals surface area (Å²) >= 11 is 0. The van der Waals surface area contributed by atoms with Crippen molar-refractivity contribution in [3.05, 3.63) is 176 Å². The lowest BCUT2D eigenvalue weighted by molar-refractivity contribution is 0.568. The third-order valence-corrected chi connectivity index (χ3v) is 9.80. The van der Waals surface area contributed by atoms with Gasteiger partial charge in [-0.05, 0) is 102 Å². The van der Waals surface area contributed by atoms with Crippen LogP contribution in [0.2, 0.25) is 0 Å². The Morgan fingerprint density at radius 2 is 1.00 bits per heavy atom. The highest BCUT2D eigenvalue weighted by molar-refractivity contribution is 6.66. The van der Waals surface area contributed by atoms with E-state index in [0.29, 0.717) is 6.32 Å². The first-order chi connectivity index (χ1) is 28.1. The van der Waals surface area contributed by atoms with Crippen LogP contribution in [0.3, 0.4) is 0 Å². The predicted molar refractivity (Wildman–Crippen MR) is 234 cm³/mol. The molecule has 0 aliphatic rings. The molecule has 0 aliphatic carbocycles. The van der Waals surface area contributed by atoms with Crippen LogP contribution < -0.4 is 16.4 Å². The molecule has 0 atom stereocenters. The zero-order valence-corrected chi connectivity index (χ0v) is 30.7. The van der Waals surface area contributed by atoms with Gasteiger partial charge in [0, 0.05) is 85.9 Å². The minimum absolute atomic E-state index is 0.646. The number of anilines is 5. The summed E-state index contributed by atoms with van der Waals surface area (Å²) in [6, 6.07) is 48.4. The zero-order valence-electron chi connectivity index (χ0n) is 30.7. The summed E-state index contributed by atoms with van der Waals surface area (Å²) in [5.41, 5.74) is 15.3. The van der Waals surface area contributed by atoms with Crippen LogP contribution in [0, 0.1) is 0 Å². The molecular weight excluding hydrogens is 705 g/mol. The van der Waals surface area contributed by atoms with Crippen LogP contribution in [0.25, 0.3) is 66.1 Å². The summed E-state index contributed by atoms with van der Waals surface area (Å²) in [4.78, 5) is 19.3. The standard InChI is InChI=1S/C25H18BN2O2.C23H17N3O/c29-16-26-13-17-5-8-20(9-6-17)28-21-10-7-19-14-27-15-23(22(19)12-21)25-11-18-3-1-2-4-24(18)30-25;24-17-6-9-18(10-7-17)26-19-8-5-16-13-25-14-21(20(16)12-19)23-11-15-3-1-2-4-22(15)27-23/h1-12,14-16,28H,13H2;1-14,26H,24H2. The number of carbonyl (C=O) groups excluding carboxylic acids is 1. The van der Waals surface area contributed by atoms with E-state index < -0.39 is 0 Å². The van der Waals surface area contributed by atoms with Crippen LogP contribution in [0.15, 0.2) is 179 Å². The van der Waals surface area contributed by atoms with Crippen molar-refractivity contribution in [3.63, 3.8) is 0 Å². The molecule has 0 fully saturated rings. The predicted octanol–water partition coefficient (Wildman–Crippen LogP) is 11.8. The molecule has 57 heavy (non-hydrogen) atoms. The van der Waals surface area contributed by atoms with Gasteiger partial charge in [0.25, 0.3) is 0 Å². The first-order valence-electron chi connectivity index (χ1n) is 18.6. The smallest absolute Gasteiger partial charge is 0.202 e. The number of furan rings is 2. The van der Waals surface area contributed by atoms with Crippen LogP contribution >= 0.6 is 0 Å². The fraction of sp³-hybridized carbons (Fsp3) is 0.0208. The van der Waals surface area contributed by atoms with Crippen molar-refractivity contribution in [2.24, 2.45) is 0 Å². The van der Waals surface area contributed by atoms with Crippen molar-refractivity contribution in [1.82, 2.24) is 9.97 Å². The lowest BCUT2D eigenvalue weighted by Crippen LogP contribution is -1.98. The summed E-state index contributed by atoms with van der Waals surface area (Å²) < 4.78 is 12.1. The minimum atomic E-state index is 0.646. The van der Waals surface area contributed by atoms with E-state index in [1.165, 1.54) is 0 Å². The maximum atomic E-state index is 10.5. The number of para-hydroxylation sites is 2. The fourth-order valence-corrected chi connectivity index (χ4v) is 6.91. The Hall–Kier alpha value is -7.65. The molecular formula is C48H35BN5O3. The second kappa shape index (κ2) is 15.6. The molecule has 10 rings (SSSR count). The SMILES string of the molecule is Nc1ccc(Nc2ccc3cncc(-c4cc5ccccc5o4)c3c2)cc1.O=C[B]Cc1ccc(Nc2ccc3cncc(-c4cc5ccccc5o4)c3c2)cc1. The topological polar surface area (TPSA) is 119 Å². The summed E-state index contributed by atoms with van der Waals surface area (Å²) in [5, 5.41) is 13.3. The van der Waals surface area contributed by atoms with Gasteiger partial charge < -0.3 is 30.0 Å². The van der Waals surface area contributed by atoms with Gasteiger partial charge >= 0.3 is 0 Å². The molecule has 4 heterocycles. The van der Waals surface area contributed by atoms with E-state index in [1.54, 1.807) is 7.28 Å². The number of rotatable bonds is 9. The lowest BCUT2D eigenvalue weighted by atomic mass is 9.74. The van der Waals surface area contributed by atoms with Gasteiger partial charge in [-0.1, -0.05) is 66.2 Å². The van der Waals surface area contributed by atoms with Crippen molar-refractivity contribution < 1.29 is 13.6 Å². The number of nitrogens with one attached hydrogen (secondary N) is 2. The van der Waals surface area contributed by atoms with Crippen LogP contribution in [0.5, 0.6) is 0 Å². The van der Waals surface area contributed by atoms with Crippen molar-refractivity contribution in [2.75, 3.05) is 16.4 Å². The number of pyridine rings is 2. The summed E-state index contributed by atoms with van der Waals surface area (Å²) in [7, 11) is 1.61. The Morgan fingerprint density at radius 3 is 1.49 bits per heavy atom. The van der Waals surface area contributed by atoms with E-state index in [4.69, 9.17) is 14.6 Å². The number of nitrogens with two attached hydrogens (primary N) is 1. The average molecular weight is 741 g/mol. The molecule has 0 bridgehead atoms. The molecule has 6 aromatic carbocycles. The zero-order chi connectivity index (χ0) is 38.6. The summed E-state index contributed by atoms with van der Waals surface area (Å²) in [6.45, 7) is 0. The number of carbonyl (C=O) groups is 1. The molecule has 0 unspecified atom stereocenters. The molecule has 8 nitrogen and oxygen atoms in total. The van der Waals surface area contributed by atoms with Crippen molar-refractivity contribution in [3.8, 4) is 22.6 Å². The molecule has 10 aromatic rings. The largest absolute Gasteiger partial charge is 0.456 e. The molecule has 0 saturated heterocycles. The van der Waals surface area contributed by atoms with Crippen LogP contribution in [0.1, 0.15) is 5.56 Å². The number of nitrogens with zero attached hydrogens (tertiary/aromatic N) is 2. The van der Waals surface area contributed by atoms with E-state index in [0.717, 1.165) is 106 Å². The van der Waals surface area contributed by atoms with Crippen molar-refractivity contribution >= 4 is 85.4 Å². The molecule has 4 N–H and O–H groups in total. The number of benzene rings is 6. The quantitative estimate of drug-likeness (QED) is 0.0760. The maximum absolute atomic E-state index is 10.5. The van der Waals surface area contributed by atoms with E-state index in [2.05, 4.69) is 63.1 Å². The third-order valence-electron chi connectivity index (χ3n) is 9.80. The molecule has 0 amide bonds. The Balaban J connectivity index is 0.000000149. The van der Waals surface area contributed by atoms with Crippen LogP contribution in [-0.2, 0) is 11.1 Å². The van der Waals surface area contributed by atoms with E-state index in [9.17, 15) is 4.79 Å². The fourth-order valence-electron chi connectivity index (χ4n) is 6.91. The van der Waals surface area contributed by atoms with Gasteiger partial charge in [0.2, 0.25) is 7.28 Å². The van der Waals surface area contributed by atoms with Crippen molar-refractivity contribution in [1.29, 1.82) is 0 Å². The van der Waals surface area contributed by atoms with Crippen LogP contribution in [0.4, 0.5) is 28.4 Å². The number of fused-ring (bicyclic) bond motifs is 4. The summed E-state index contributed by atoms with van der Waals surface area (Å²) in [6.07, 6.45) is 8.91. The Labute approximate surface area is 329 Å². The highest BCUT2D eigenvalue weighted by Crippen LogP contribution is 2.36. The number of aromatic nitrogens is 2. The normalized spacial score (nSPS) is 11.0. The minimum Gasteiger partial charge on any atom is -0.456 e. The third kappa shape index (κ3) is 7.67. The highest BCUT2D eigenvalue weighted by Gasteiger charge is 2.13. The average Bonchev–Trinajstić information content (AvgIpc) is 3.89. The first-order valence-corrected chi connectivity index (χ1v) is 18.6. The molecule has 0 aliphatic heterocycles. The van der Waals surface area contributed by atoms with Gasteiger partial charge in [-0.25, -0.2) is 0 Å². The van der Waals surface area contributed by atoms with Crippen molar-refractivity contribution in [2.45, 2.75) is 6.32 Å². The second-order valence-electron chi connectivity index (χ2n) is 13.7. The van der Waals surface area contributed by atoms with E-state index in [-0.39, 0.29) is 0 Å². The first kappa shape index (κ1) is 35.1. The lowest BCUT2D eigenvalue weighted by Gasteiger charge is -2.10. The summed E-state index contributed by atoms with van der Waals surface area (Å²) in [5.74, 6) is 1.63. The van der Waals surface area contributed by atoms with Gasteiger partial charge in [-0.3, -0.25) is 9.97 Å². The van der Waals surface area contributed by atoms with Gasteiger partial charge in [0.05, 0.1) is 6.19 Å². The molecule has 0 saturated carbocycles. The molecule has 9 heteroatoms. The van der Waals surface area contributed by atoms with Gasteiger partial charge in [-0.15, -0.1) is 0 Å². The van der Waals surface area contributed by atoms with Gasteiger partial charge in [0.1, 0.15) is 22.7 Å². The number of hydrogen-bond donors (Lipinski definition) is 3. The molecule has 4 aromatic heterocycles. The second-order valence-corrected chi connectivity index (χ2v) is 13.7. The van der Waals surface area contributed by atoms with Crippen LogP contribution in [-0.4, -0.2) is 23.4 Å². The Morgan fingerprint density at radius 1 is 0.526 bits per heavy atom. The monoisotopic (exact) mass is 740 g/mol. The molecule has 1 radical (unpaired) electrons. The molecule has 273 valence electrons. The Kier molecular flexibility index (Phi) is 9.61. The van der Waals surface area contributed by atoms with Gasteiger partial charge in [-0.2, -0.15) is 0 Å².